The summed E-state index contributed by atoms with van der Waals surface area (Å²) in [6.45, 7) is 1.97. The molecule has 0 bridgehead atoms. The second-order valence-electron chi connectivity index (χ2n) is 2.97. The molecule has 0 N–H and O–H groups in total. The van der Waals surface area contributed by atoms with Crippen LogP contribution in [-0.4, -0.2) is 17.7 Å². The zero-order valence-electron chi connectivity index (χ0n) is 8.29. The van der Waals surface area contributed by atoms with E-state index in [4.69, 9.17) is 4.74 Å². The molecule has 0 saturated heterocycles. The lowest BCUT2D eigenvalue weighted by molar-refractivity contribution is 0.0990. The highest BCUT2D eigenvalue weighted by Gasteiger charge is 2.14. The molecule has 0 aliphatic rings. The van der Waals surface area contributed by atoms with Crippen LogP contribution in [0.4, 0.5) is 0 Å². The molecule has 14 heavy (non-hydrogen) atoms. The van der Waals surface area contributed by atoms with Crippen molar-refractivity contribution in [3.05, 3.63) is 29.8 Å². The van der Waals surface area contributed by atoms with Gasteiger partial charge in [-0.25, -0.2) is 0 Å². The first kappa shape index (κ1) is 11.2. The SMILES string of the molecule is CC[C@@H](Br)C(=O)c1ccc(OC)cc1. The number of hydrogen-bond donors (Lipinski definition) is 0. The van der Waals surface area contributed by atoms with Gasteiger partial charge in [0.15, 0.2) is 5.78 Å². The molecule has 0 radical (unpaired) electrons. The Morgan fingerprint density at radius 3 is 2.43 bits per heavy atom. The van der Waals surface area contributed by atoms with Gasteiger partial charge in [0.05, 0.1) is 11.9 Å². The van der Waals surface area contributed by atoms with E-state index in [1.54, 1.807) is 31.4 Å². The first-order valence-electron chi connectivity index (χ1n) is 4.51. The van der Waals surface area contributed by atoms with Crippen LogP contribution in [0.25, 0.3) is 0 Å². The lowest BCUT2D eigenvalue weighted by atomic mass is 10.1. The molecule has 76 valence electrons. The molecule has 0 aliphatic carbocycles. The Morgan fingerprint density at radius 2 is 2.00 bits per heavy atom. The smallest absolute Gasteiger partial charge is 0.176 e. The fourth-order valence-corrected chi connectivity index (χ4v) is 1.39. The van der Waals surface area contributed by atoms with Crippen LogP contribution in [0.15, 0.2) is 24.3 Å². The molecule has 0 heterocycles. The van der Waals surface area contributed by atoms with Crippen LogP contribution < -0.4 is 4.74 Å². The number of ketones is 1. The number of benzene rings is 1. The molecule has 1 aromatic carbocycles. The number of alkyl halides is 1. The van der Waals surface area contributed by atoms with Gasteiger partial charge in [-0.1, -0.05) is 22.9 Å². The van der Waals surface area contributed by atoms with E-state index >= 15 is 0 Å². The summed E-state index contributed by atoms with van der Waals surface area (Å²) in [5.74, 6) is 0.888. The minimum atomic E-state index is -0.0871. The number of Topliss-reactive ketones (excluding diaryl/α,β-unsaturated/α-hetero) is 1. The molecular formula is C11H13BrO2. The van der Waals surface area contributed by atoms with Crippen molar-refractivity contribution >= 4 is 21.7 Å². The van der Waals surface area contributed by atoms with Gasteiger partial charge in [-0.3, -0.25) is 4.79 Å². The largest absolute Gasteiger partial charge is 0.497 e. The zero-order valence-corrected chi connectivity index (χ0v) is 9.87. The Hall–Kier alpha value is -0.830. The van der Waals surface area contributed by atoms with Crippen molar-refractivity contribution in [2.24, 2.45) is 0 Å². The molecular weight excluding hydrogens is 244 g/mol. The highest BCUT2D eigenvalue weighted by molar-refractivity contribution is 9.10. The molecule has 0 spiro atoms. The molecule has 0 amide bonds. The summed E-state index contributed by atoms with van der Waals surface area (Å²) >= 11 is 3.33. The van der Waals surface area contributed by atoms with Gasteiger partial charge in [0.1, 0.15) is 5.75 Å². The van der Waals surface area contributed by atoms with E-state index in [1.165, 1.54) is 0 Å². The summed E-state index contributed by atoms with van der Waals surface area (Å²) in [5, 5.41) is 0. The van der Waals surface area contributed by atoms with Crippen molar-refractivity contribution in [2.75, 3.05) is 7.11 Å². The van der Waals surface area contributed by atoms with Gasteiger partial charge >= 0.3 is 0 Å². The highest BCUT2D eigenvalue weighted by Crippen LogP contribution is 2.16. The first-order valence-corrected chi connectivity index (χ1v) is 5.43. The molecule has 0 aliphatic heterocycles. The van der Waals surface area contributed by atoms with E-state index in [0.717, 1.165) is 17.7 Å². The Kier molecular flexibility index (Phi) is 4.14. The first-order chi connectivity index (χ1) is 6.69. The van der Waals surface area contributed by atoms with Crippen molar-refractivity contribution in [2.45, 2.75) is 18.2 Å². The Balaban J connectivity index is 2.81. The van der Waals surface area contributed by atoms with Crippen molar-refractivity contribution in [3.63, 3.8) is 0 Å². The minimum Gasteiger partial charge on any atom is -0.497 e. The molecule has 3 heteroatoms. The summed E-state index contributed by atoms with van der Waals surface area (Å²) in [6, 6.07) is 7.15. The van der Waals surface area contributed by atoms with Crippen LogP contribution in [0.3, 0.4) is 0 Å². The average molecular weight is 257 g/mol. The van der Waals surface area contributed by atoms with Crippen molar-refractivity contribution < 1.29 is 9.53 Å². The summed E-state index contributed by atoms with van der Waals surface area (Å²) in [7, 11) is 1.61. The highest BCUT2D eigenvalue weighted by atomic mass is 79.9. The van der Waals surface area contributed by atoms with Crippen molar-refractivity contribution in [1.82, 2.24) is 0 Å². The van der Waals surface area contributed by atoms with E-state index in [1.807, 2.05) is 6.92 Å². The van der Waals surface area contributed by atoms with E-state index in [-0.39, 0.29) is 10.6 Å². The predicted molar refractivity (Wildman–Crippen MR) is 60.3 cm³/mol. The van der Waals surface area contributed by atoms with Gasteiger partial charge in [-0.2, -0.15) is 0 Å². The minimum absolute atomic E-state index is 0.0871. The standard InChI is InChI=1S/C11H13BrO2/c1-3-10(12)11(13)8-4-6-9(14-2)7-5-8/h4-7,10H,3H2,1-2H3/t10-/m1/s1. The second kappa shape index (κ2) is 5.15. The topological polar surface area (TPSA) is 26.3 Å². The maximum atomic E-state index is 11.7. The van der Waals surface area contributed by atoms with Crippen LogP contribution in [0.2, 0.25) is 0 Å². The Morgan fingerprint density at radius 1 is 1.43 bits per heavy atom. The fourth-order valence-electron chi connectivity index (χ4n) is 1.12. The third kappa shape index (κ3) is 2.58. The number of ether oxygens (including phenoxy) is 1. The lowest BCUT2D eigenvalue weighted by Gasteiger charge is -2.06. The summed E-state index contributed by atoms with van der Waals surface area (Å²) in [4.78, 5) is 11.6. The van der Waals surface area contributed by atoms with Crippen LogP contribution in [0.1, 0.15) is 23.7 Å². The monoisotopic (exact) mass is 256 g/mol. The number of carbonyl (C=O) groups is 1. The van der Waals surface area contributed by atoms with E-state index in [9.17, 15) is 4.79 Å². The number of hydrogen-bond acceptors (Lipinski definition) is 2. The fraction of sp³-hybridized carbons (Fsp3) is 0.364. The molecule has 1 atom stereocenters. The van der Waals surface area contributed by atoms with Gasteiger partial charge in [0, 0.05) is 5.56 Å². The van der Waals surface area contributed by atoms with E-state index < -0.39 is 0 Å². The molecule has 0 unspecified atom stereocenters. The number of carbonyl (C=O) groups excluding carboxylic acids is 1. The van der Waals surface area contributed by atoms with Gasteiger partial charge in [0.25, 0.3) is 0 Å². The maximum absolute atomic E-state index is 11.7. The van der Waals surface area contributed by atoms with Crippen molar-refractivity contribution in [3.8, 4) is 5.75 Å². The summed E-state index contributed by atoms with van der Waals surface area (Å²) in [6.07, 6.45) is 0.796. The summed E-state index contributed by atoms with van der Waals surface area (Å²) in [5.41, 5.74) is 0.717. The van der Waals surface area contributed by atoms with Gasteiger partial charge in [0.2, 0.25) is 0 Å². The normalized spacial score (nSPS) is 12.2. The molecule has 0 aromatic heterocycles. The number of methoxy groups -OCH3 is 1. The van der Waals surface area contributed by atoms with Gasteiger partial charge < -0.3 is 4.74 Å². The van der Waals surface area contributed by atoms with Crippen LogP contribution in [0, 0.1) is 0 Å². The molecule has 0 saturated carbocycles. The molecule has 2 nitrogen and oxygen atoms in total. The third-order valence-electron chi connectivity index (χ3n) is 2.02. The summed E-state index contributed by atoms with van der Waals surface area (Å²) < 4.78 is 5.01. The number of halogens is 1. The van der Waals surface area contributed by atoms with E-state index in [2.05, 4.69) is 15.9 Å². The second-order valence-corrected chi connectivity index (χ2v) is 4.07. The van der Waals surface area contributed by atoms with Gasteiger partial charge in [-0.05, 0) is 30.7 Å². The Labute approximate surface area is 92.4 Å². The lowest BCUT2D eigenvalue weighted by Crippen LogP contribution is -2.12. The molecule has 1 rings (SSSR count). The van der Waals surface area contributed by atoms with Crippen LogP contribution in [-0.2, 0) is 0 Å². The average Bonchev–Trinajstić information content (AvgIpc) is 2.27. The third-order valence-corrected chi connectivity index (χ3v) is 3.08. The zero-order chi connectivity index (χ0) is 10.6. The Bertz CT molecular complexity index is 306. The predicted octanol–water partition coefficient (Wildman–Crippen LogP) is 3.05. The van der Waals surface area contributed by atoms with Crippen molar-refractivity contribution in [1.29, 1.82) is 0 Å². The molecule has 0 fully saturated rings. The quantitative estimate of drug-likeness (QED) is 0.612. The molecule has 1 aromatic rings. The maximum Gasteiger partial charge on any atom is 0.176 e. The van der Waals surface area contributed by atoms with Crippen LogP contribution in [0.5, 0.6) is 5.75 Å². The number of rotatable bonds is 4. The van der Waals surface area contributed by atoms with Crippen LogP contribution >= 0.6 is 15.9 Å². The van der Waals surface area contributed by atoms with Gasteiger partial charge in [-0.15, -0.1) is 0 Å². The van der Waals surface area contributed by atoms with E-state index in [0.29, 0.717) is 0 Å².